The van der Waals surface area contributed by atoms with Crippen LogP contribution in [0.15, 0.2) is 44.1 Å². The predicted octanol–water partition coefficient (Wildman–Crippen LogP) is 4.16. The highest BCUT2D eigenvalue weighted by Gasteiger charge is 2.28. The first-order valence-electron chi connectivity index (χ1n) is 9.54. The Bertz CT molecular complexity index is 828. The SMILES string of the molecule is C=C.C=CNc1ccc(N)c(C#N)c1.CN1CCc2[nH]nc(C3CCC3)c2C1. The maximum Gasteiger partial charge on any atom is 0.101 e. The first kappa shape index (κ1) is 21.3. The van der Waals surface area contributed by atoms with Crippen LogP contribution in [0.25, 0.3) is 0 Å². The molecule has 2 heterocycles. The Kier molecular flexibility index (Phi) is 7.85. The summed E-state index contributed by atoms with van der Waals surface area (Å²) in [5, 5.41) is 19.2. The van der Waals surface area contributed by atoms with Crippen LogP contribution < -0.4 is 11.1 Å². The number of nitrogens with zero attached hydrogens (tertiary/aromatic N) is 3. The summed E-state index contributed by atoms with van der Waals surface area (Å²) in [7, 11) is 2.19. The van der Waals surface area contributed by atoms with E-state index in [2.05, 4.69) is 47.2 Å². The van der Waals surface area contributed by atoms with E-state index in [0.717, 1.165) is 24.6 Å². The summed E-state index contributed by atoms with van der Waals surface area (Å²) < 4.78 is 0. The van der Waals surface area contributed by atoms with Crippen molar-refractivity contribution in [3.05, 3.63) is 66.7 Å². The van der Waals surface area contributed by atoms with Gasteiger partial charge in [-0.05, 0) is 44.3 Å². The van der Waals surface area contributed by atoms with Crippen molar-refractivity contribution in [2.24, 2.45) is 0 Å². The van der Waals surface area contributed by atoms with Crippen LogP contribution >= 0.6 is 0 Å². The molecule has 4 N–H and O–H groups in total. The second-order valence-corrected chi connectivity index (χ2v) is 6.94. The second-order valence-electron chi connectivity index (χ2n) is 6.94. The third-order valence-corrected chi connectivity index (χ3v) is 5.09. The van der Waals surface area contributed by atoms with Crippen LogP contribution in [0.3, 0.4) is 0 Å². The number of nitrogen functional groups attached to an aromatic ring is 1. The van der Waals surface area contributed by atoms with Gasteiger partial charge >= 0.3 is 0 Å². The molecule has 0 amide bonds. The number of aromatic amines is 1. The summed E-state index contributed by atoms with van der Waals surface area (Å²) in [6, 6.07) is 7.15. The van der Waals surface area contributed by atoms with E-state index in [1.165, 1.54) is 42.8 Å². The van der Waals surface area contributed by atoms with Gasteiger partial charge in [0.2, 0.25) is 0 Å². The summed E-state index contributed by atoms with van der Waals surface area (Å²) in [5.74, 6) is 0.765. The molecule has 2 aromatic rings. The van der Waals surface area contributed by atoms with E-state index in [-0.39, 0.29) is 0 Å². The lowest BCUT2D eigenvalue weighted by Crippen LogP contribution is -2.27. The van der Waals surface area contributed by atoms with Gasteiger partial charge in [0.05, 0.1) is 11.3 Å². The van der Waals surface area contributed by atoms with Gasteiger partial charge in [0.1, 0.15) is 6.07 Å². The van der Waals surface area contributed by atoms with Crippen LogP contribution in [-0.2, 0) is 13.0 Å². The highest BCUT2D eigenvalue weighted by Crippen LogP contribution is 2.38. The molecule has 6 nitrogen and oxygen atoms in total. The van der Waals surface area contributed by atoms with Crippen LogP contribution in [0.5, 0.6) is 0 Å². The average Bonchev–Trinajstić information content (AvgIpc) is 3.07. The summed E-state index contributed by atoms with van der Waals surface area (Å²) in [4.78, 5) is 2.39. The molecule has 0 radical (unpaired) electrons. The normalized spacial score (nSPS) is 15.4. The van der Waals surface area contributed by atoms with Crippen molar-refractivity contribution in [2.45, 2.75) is 38.1 Å². The molecule has 0 saturated heterocycles. The number of hydrogen-bond donors (Lipinski definition) is 3. The molecule has 1 fully saturated rings. The molecule has 4 rings (SSSR count). The van der Waals surface area contributed by atoms with Crippen molar-refractivity contribution in [1.29, 1.82) is 5.26 Å². The maximum atomic E-state index is 8.63. The van der Waals surface area contributed by atoms with E-state index >= 15 is 0 Å². The summed E-state index contributed by atoms with van der Waals surface area (Å²) in [6.07, 6.45) is 6.78. The molecule has 1 aromatic carbocycles. The second kappa shape index (κ2) is 10.3. The molecule has 1 saturated carbocycles. The van der Waals surface area contributed by atoms with Crippen molar-refractivity contribution in [3.8, 4) is 6.07 Å². The Morgan fingerprint density at radius 2 is 2.14 bits per heavy atom. The van der Waals surface area contributed by atoms with Gasteiger partial charge in [-0.15, -0.1) is 13.2 Å². The van der Waals surface area contributed by atoms with Crippen LogP contribution in [0.1, 0.15) is 47.7 Å². The van der Waals surface area contributed by atoms with Crippen LogP contribution in [-0.4, -0.2) is 28.7 Å². The minimum absolute atomic E-state index is 0.474. The zero-order valence-corrected chi connectivity index (χ0v) is 16.7. The molecule has 6 heteroatoms. The standard InChI is InChI=1S/C11H17N3.C9H9N3.C2H4/c1-14-6-5-10-9(7-14)11(13-12-10)8-3-2-4-8;1-2-12-8-3-4-9(11)7(5-8)6-10;1-2/h8H,2-7H2,1H3,(H,12,13);2-5,12H,1,11H2;1-2H2. The molecule has 1 aromatic heterocycles. The topological polar surface area (TPSA) is 93.8 Å². The third kappa shape index (κ3) is 5.02. The Hall–Kier alpha value is -3.04. The Labute approximate surface area is 167 Å². The lowest BCUT2D eigenvalue weighted by Gasteiger charge is -2.28. The van der Waals surface area contributed by atoms with Gasteiger partial charge in [0, 0.05) is 48.1 Å². The largest absolute Gasteiger partial charge is 0.398 e. The number of anilines is 2. The van der Waals surface area contributed by atoms with Gasteiger partial charge < -0.3 is 16.0 Å². The molecule has 0 unspecified atom stereocenters. The van der Waals surface area contributed by atoms with E-state index in [9.17, 15) is 0 Å². The first-order chi connectivity index (χ1) is 13.6. The zero-order chi connectivity index (χ0) is 20.5. The highest BCUT2D eigenvalue weighted by atomic mass is 15.2. The molecule has 1 aliphatic heterocycles. The van der Waals surface area contributed by atoms with Gasteiger partial charge in [-0.25, -0.2) is 0 Å². The molecule has 28 heavy (non-hydrogen) atoms. The number of likely N-dealkylation sites (N-methyl/N-ethyl adjacent to an activating group) is 1. The fraction of sp³-hybridized carbons (Fsp3) is 0.364. The summed E-state index contributed by atoms with van der Waals surface area (Å²) >= 11 is 0. The number of nitrogens with two attached hydrogens (primary N) is 1. The molecular formula is C22H30N6. The number of hydrogen-bond acceptors (Lipinski definition) is 5. The quantitative estimate of drug-likeness (QED) is 0.551. The molecule has 0 atom stereocenters. The minimum Gasteiger partial charge on any atom is -0.398 e. The van der Waals surface area contributed by atoms with Gasteiger partial charge in [0.25, 0.3) is 0 Å². The van der Waals surface area contributed by atoms with Crippen LogP contribution in [0, 0.1) is 11.3 Å². The van der Waals surface area contributed by atoms with E-state index in [0.29, 0.717) is 11.3 Å². The van der Waals surface area contributed by atoms with Crippen molar-refractivity contribution in [1.82, 2.24) is 15.1 Å². The Morgan fingerprint density at radius 3 is 2.75 bits per heavy atom. The molecular weight excluding hydrogens is 348 g/mol. The van der Waals surface area contributed by atoms with Gasteiger partial charge in [0.15, 0.2) is 0 Å². The van der Waals surface area contributed by atoms with E-state index in [1.807, 2.05) is 6.07 Å². The van der Waals surface area contributed by atoms with Crippen molar-refractivity contribution in [2.75, 3.05) is 24.6 Å². The van der Waals surface area contributed by atoms with E-state index in [1.54, 1.807) is 24.4 Å². The number of nitriles is 1. The van der Waals surface area contributed by atoms with Crippen molar-refractivity contribution >= 4 is 11.4 Å². The van der Waals surface area contributed by atoms with Crippen molar-refractivity contribution in [3.63, 3.8) is 0 Å². The van der Waals surface area contributed by atoms with Gasteiger partial charge in [-0.1, -0.05) is 13.0 Å². The molecule has 0 bridgehead atoms. The van der Waals surface area contributed by atoms with E-state index < -0.39 is 0 Å². The Morgan fingerprint density at radius 1 is 1.39 bits per heavy atom. The summed E-state index contributed by atoms with van der Waals surface area (Å²) in [5.41, 5.74) is 11.6. The van der Waals surface area contributed by atoms with Gasteiger partial charge in [-0.3, -0.25) is 5.10 Å². The Balaban J connectivity index is 0.000000187. The average molecular weight is 379 g/mol. The monoisotopic (exact) mass is 378 g/mol. The smallest absolute Gasteiger partial charge is 0.101 e. The minimum atomic E-state index is 0.474. The lowest BCUT2D eigenvalue weighted by atomic mass is 9.81. The predicted molar refractivity (Wildman–Crippen MR) is 116 cm³/mol. The molecule has 0 spiro atoms. The maximum absolute atomic E-state index is 8.63. The number of nitrogens with one attached hydrogen (secondary N) is 2. The first-order valence-corrected chi connectivity index (χ1v) is 9.54. The van der Waals surface area contributed by atoms with Crippen LogP contribution in [0.2, 0.25) is 0 Å². The number of aromatic nitrogens is 2. The highest BCUT2D eigenvalue weighted by molar-refractivity contribution is 5.62. The zero-order valence-electron chi connectivity index (χ0n) is 16.7. The van der Waals surface area contributed by atoms with Crippen molar-refractivity contribution < 1.29 is 0 Å². The number of fused-ring (bicyclic) bond motifs is 1. The lowest BCUT2D eigenvalue weighted by molar-refractivity contribution is 0.307. The fourth-order valence-corrected chi connectivity index (χ4v) is 3.33. The third-order valence-electron chi connectivity index (χ3n) is 5.09. The number of H-pyrrole nitrogens is 1. The fourth-order valence-electron chi connectivity index (χ4n) is 3.33. The number of benzene rings is 1. The molecule has 2 aliphatic rings. The summed E-state index contributed by atoms with van der Waals surface area (Å²) in [6.45, 7) is 11.8. The van der Waals surface area contributed by atoms with Crippen LogP contribution in [0.4, 0.5) is 11.4 Å². The van der Waals surface area contributed by atoms with E-state index in [4.69, 9.17) is 11.0 Å². The molecule has 1 aliphatic carbocycles. The van der Waals surface area contributed by atoms with Gasteiger partial charge in [-0.2, -0.15) is 10.4 Å². The number of rotatable bonds is 3. The molecule has 148 valence electrons.